The van der Waals surface area contributed by atoms with Crippen molar-refractivity contribution in [3.8, 4) is 0 Å². The molecule has 0 spiro atoms. The van der Waals surface area contributed by atoms with E-state index in [9.17, 15) is 9.59 Å². The summed E-state index contributed by atoms with van der Waals surface area (Å²) in [6.07, 6.45) is 6.12. The Hall–Kier alpha value is -2.77. The fraction of sp³-hybridized carbons (Fsp3) is 0.625. The van der Waals surface area contributed by atoms with Gasteiger partial charge >= 0.3 is 0 Å². The van der Waals surface area contributed by atoms with Gasteiger partial charge in [0.1, 0.15) is 11.6 Å². The van der Waals surface area contributed by atoms with E-state index in [-0.39, 0.29) is 17.9 Å². The van der Waals surface area contributed by atoms with E-state index >= 15 is 0 Å². The van der Waals surface area contributed by atoms with Gasteiger partial charge in [0.05, 0.1) is 6.04 Å². The van der Waals surface area contributed by atoms with Crippen molar-refractivity contribution in [2.75, 3.05) is 18.0 Å². The zero-order valence-electron chi connectivity index (χ0n) is 19.1. The third kappa shape index (κ3) is 3.91. The Kier molecular flexibility index (Phi) is 5.47. The number of piperidine rings is 1. The van der Waals surface area contributed by atoms with Gasteiger partial charge < -0.3 is 9.42 Å². The van der Waals surface area contributed by atoms with E-state index < -0.39 is 0 Å². The van der Waals surface area contributed by atoms with Gasteiger partial charge in [-0.1, -0.05) is 19.0 Å². The van der Waals surface area contributed by atoms with Crippen LogP contribution in [0.1, 0.15) is 97.7 Å². The summed E-state index contributed by atoms with van der Waals surface area (Å²) in [6, 6.07) is 1.58. The summed E-state index contributed by atoms with van der Waals surface area (Å²) in [5.41, 5.74) is 2.32. The van der Waals surface area contributed by atoms with Gasteiger partial charge in [-0.05, 0) is 51.4 Å². The average Bonchev–Trinajstić information content (AvgIpc) is 3.51. The van der Waals surface area contributed by atoms with E-state index in [1.807, 2.05) is 16.7 Å². The number of carbonyl (C=O) groups is 2. The fourth-order valence-electron chi connectivity index (χ4n) is 4.85. The number of nitrogens with zero attached hydrogens (tertiary/aromatic N) is 5. The van der Waals surface area contributed by atoms with Crippen LogP contribution >= 0.6 is 0 Å². The minimum atomic E-state index is -0.223. The van der Waals surface area contributed by atoms with E-state index in [0.29, 0.717) is 49.3 Å². The number of anilines is 1. The summed E-state index contributed by atoms with van der Waals surface area (Å²) < 4.78 is 5.42. The number of rotatable bonds is 5. The Morgan fingerprint density at radius 1 is 1.19 bits per heavy atom. The van der Waals surface area contributed by atoms with E-state index in [2.05, 4.69) is 19.0 Å². The van der Waals surface area contributed by atoms with Crippen LogP contribution in [0, 0.1) is 12.8 Å². The van der Waals surface area contributed by atoms with Crippen LogP contribution in [0.3, 0.4) is 0 Å². The van der Waals surface area contributed by atoms with Crippen LogP contribution < -0.4 is 4.90 Å². The standard InChI is InChI=1S/C24H31N5O3/c1-14(2)13-29-21(30)10-9-17-15(3)25-22(26-23(17)29)19-6-4-5-11-28(19)24(31)18-12-20(32-27-18)16-7-8-16/h12,14,16,19H,4-11,13H2,1-3H3/t19-/m1/s1. The lowest BCUT2D eigenvalue weighted by Gasteiger charge is -2.36. The number of hydrogen-bond donors (Lipinski definition) is 0. The SMILES string of the molecule is Cc1nc([C@H]2CCCCN2C(=O)c2cc(C3CC3)on2)nc2c1CCC(=O)N2CC(C)C. The number of carbonyl (C=O) groups excluding carboxylic acids is 2. The molecule has 0 N–H and O–H groups in total. The summed E-state index contributed by atoms with van der Waals surface area (Å²) in [7, 11) is 0. The summed E-state index contributed by atoms with van der Waals surface area (Å²) in [6.45, 7) is 7.47. The van der Waals surface area contributed by atoms with E-state index in [1.165, 1.54) is 0 Å². The first-order valence-corrected chi connectivity index (χ1v) is 11.9. The third-order valence-corrected chi connectivity index (χ3v) is 6.69. The molecular weight excluding hydrogens is 406 g/mol. The van der Waals surface area contributed by atoms with Crippen molar-refractivity contribution in [2.45, 2.75) is 77.7 Å². The van der Waals surface area contributed by atoms with Gasteiger partial charge in [0.2, 0.25) is 5.91 Å². The van der Waals surface area contributed by atoms with Gasteiger partial charge in [0.15, 0.2) is 11.5 Å². The lowest BCUT2D eigenvalue weighted by atomic mass is 9.98. The van der Waals surface area contributed by atoms with Crippen LogP contribution in [-0.4, -0.2) is 44.9 Å². The molecule has 1 saturated heterocycles. The smallest absolute Gasteiger partial charge is 0.276 e. The average molecular weight is 438 g/mol. The molecule has 0 unspecified atom stereocenters. The molecule has 1 atom stereocenters. The van der Waals surface area contributed by atoms with Gasteiger partial charge in [-0.25, -0.2) is 9.97 Å². The molecule has 0 aromatic carbocycles. The maximum absolute atomic E-state index is 13.4. The third-order valence-electron chi connectivity index (χ3n) is 6.69. The molecular formula is C24H31N5O3. The number of aromatic nitrogens is 3. The topological polar surface area (TPSA) is 92.4 Å². The quantitative estimate of drug-likeness (QED) is 0.703. The van der Waals surface area contributed by atoms with Crippen LogP contribution in [0.25, 0.3) is 0 Å². The van der Waals surface area contributed by atoms with E-state index in [4.69, 9.17) is 14.5 Å². The molecule has 8 nitrogen and oxygen atoms in total. The number of hydrogen-bond acceptors (Lipinski definition) is 6. The first kappa shape index (κ1) is 21.1. The monoisotopic (exact) mass is 437 g/mol. The molecule has 8 heteroatoms. The number of likely N-dealkylation sites (tertiary alicyclic amines) is 1. The lowest BCUT2D eigenvalue weighted by Crippen LogP contribution is -2.41. The van der Waals surface area contributed by atoms with Crippen LogP contribution in [-0.2, 0) is 11.2 Å². The maximum atomic E-state index is 13.4. The van der Waals surface area contributed by atoms with E-state index in [0.717, 1.165) is 54.9 Å². The minimum absolute atomic E-state index is 0.113. The highest BCUT2D eigenvalue weighted by atomic mass is 16.5. The first-order valence-electron chi connectivity index (χ1n) is 11.9. The number of fused-ring (bicyclic) bond motifs is 1. The molecule has 32 heavy (non-hydrogen) atoms. The Balaban J connectivity index is 1.48. The first-order chi connectivity index (χ1) is 15.4. The molecule has 0 radical (unpaired) electrons. The second-order valence-electron chi connectivity index (χ2n) is 9.77. The van der Waals surface area contributed by atoms with Crippen molar-refractivity contribution in [3.05, 3.63) is 34.6 Å². The summed E-state index contributed by atoms with van der Waals surface area (Å²) in [5, 5.41) is 4.06. The molecule has 1 saturated carbocycles. The number of amides is 2. The molecule has 0 bridgehead atoms. The second kappa shape index (κ2) is 8.30. The van der Waals surface area contributed by atoms with Crippen molar-refractivity contribution in [1.82, 2.24) is 20.0 Å². The molecule has 4 heterocycles. The summed E-state index contributed by atoms with van der Waals surface area (Å²) >= 11 is 0. The predicted molar refractivity (Wildman–Crippen MR) is 118 cm³/mol. The Bertz CT molecular complexity index is 1040. The van der Waals surface area contributed by atoms with Gasteiger partial charge in [-0.15, -0.1) is 0 Å². The lowest BCUT2D eigenvalue weighted by molar-refractivity contribution is -0.119. The molecule has 2 fully saturated rings. The Morgan fingerprint density at radius 3 is 2.75 bits per heavy atom. The van der Waals surface area contributed by atoms with Crippen molar-refractivity contribution in [1.29, 1.82) is 0 Å². The van der Waals surface area contributed by atoms with Gasteiger partial charge in [0.25, 0.3) is 5.91 Å². The highest BCUT2D eigenvalue weighted by Gasteiger charge is 2.36. The molecule has 2 amide bonds. The predicted octanol–water partition coefficient (Wildman–Crippen LogP) is 3.95. The summed E-state index contributed by atoms with van der Waals surface area (Å²) in [4.78, 5) is 39.5. The molecule has 3 aliphatic rings. The minimum Gasteiger partial charge on any atom is -0.360 e. The van der Waals surface area contributed by atoms with Crippen LogP contribution in [0.5, 0.6) is 0 Å². The van der Waals surface area contributed by atoms with Crippen molar-refractivity contribution in [2.24, 2.45) is 5.92 Å². The van der Waals surface area contributed by atoms with Gasteiger partial charge in [-0.3, -0.25) is 14.5 Å². The Labute approximate surface area is 188 Å². The molecule has 170 valence electrons. The molecule has 5 rings (SSSR count). The zero-order chi connectivity index (χ0) is 22.4. The van der Waals surface area contributed by atoms with Crippen LogP contribution in [0.2, 0.25) is 0 Å². The molecule has 1 aliphatic carbocycles. The fourth-order valence-corrected chi connectivity index (χ4v) is 4.85. The van der Waals surface area contributed by atoms with E-state index in [1.54, 1.807) is 6.07 Å². The normalized spacial score (nSPS) is 21.2. The van der Waals surface area contributed by atoms with Gasteiger partial charge in [0, 0.05) is 42.8 Å². The molecule has 2 aromatic heterocycles. The van der Waals surface area contributed by atoms with Gasteiger partial charge in [-0.2, -0.15) is 0 Å². The molecule has 2 aliphatic heterocycles. The Morgan fingerprint density at radius 2 is 2.00 bits per heavy atom. The molecule has 2 aromatic rings. The maximum Gasteiger partial charge on any atom is 0.276 e. The van der Waals surface area contributed by atoms with Crippen molar-refractivity contribution < 1.29 is 14.1 Å². The highest BCUT2D eigenvalue weighted by molar-refractivity contribution is 5.95. The van der Waals surface area contributed by atoms with Crippen LogP contribution in [0.15, 0.2) is 10.6 Å². The number of aryl methyl sites for hydroxylation is 1. The van der Waals surface area contributed by atoms with Crippen LogP contribution in [0.4, 0.5) is 5.82 Å². The second-order valence-corrected chi connectivity index (χ2v) is 9.77. The van der Waals surface area contributed by atoms with Crippen molar-refractivity contribution in [3.63, 3.8) is 0 Å². The zero-order valence-corrected chi connectivity index (χ0v) is 19.1. The highest BCUT2D eigenvalue weighted by Crippen LogP contribution is 2.41. The summed E-state index contributed by atoms with van der Waals surface area (Å²) in [5.74, 6) is 2.91. The largest absolute Gasteiger partial charge is 0.360 e. The van der Waals surface area contributed by atoms with Crippen molar-refractivity contribution >= 4 is 17.6 Å².